The van der Waals surface area contributed by atoms with Crippen LogP contribution in [0.4, 0.5) is 4.79 Å². The zero-order chi connectivity index (χ0) is 14.7. The van der Waals surface area contributed by atoms with E-state index in [0.29, 0.717) is 19.6 Å². The van der Waals surface area contributed by atoms with E-state index < -0.39 is 6.04 Å². The van der Waals surface area contributed by atoms with Crippen molar-refractivity contribution >= 4 is 11.9 Å². The second kappa shape index (κ2) is 6.62. The first-order valence-corrected chi connectivity index (χ1v) is 7.79. The van der Waals surface area contributed by atoms with Gasteiger partial charge < -0.3 is 25.0 Å². The summed E-state index contributed by atoms with van der Waals surface area (Å²) in [7, 11) is 0. The number of amides is 3. The van der Waals surface area contributed by atoms with Crippen LogP contribution in [0.5, 0.6) is 0 Å². The third-order valence-corrected chi connectivity index (χ3v) is 4.28. The molecule has 0 radical (unpaired) electrons. The molecule has 3 aliphatic heterocycles. The average Bonchev–Trinajstić information content (AvgIpc) is 3.19. The maximum Gasteiger partial charge on any atom is 0.315 e. The maximum atomic E-state index is 12.6. The summed E-state index contributed by atoms with van der Waals surface area (Å²) in [5.74, 6) is -0.0423. The van der Waals surface area contributed by atoms with E-state index in [1.54, 1.807) is 0 Å². The summed E-state index contributed by atoms with van der Waals surface area (Å²) < 4.78 is 11.3. The molecule has 0 spiro atoms. The largest absolute Gasteiger partial charge is 0.376 e. The molecule has 7 heteroatoms. The van der Waals surface area contributed by atoms with Crippen LogP contribution in [0.3, 0.4) is 0 Å². The molecular formula is C14H23N3O4. The highest BCUT2D eigenvalue weighted by Crippen LogP contribution is 2.18. The summed E-state index contributed by atoms with van der Waals surface area (Å²) in [6.45, 7) is 3.07. The van der Waals surface area contributed by atoms with E-state index in [0.717, 1.165) is 38.9 Å². The fourth-order valence-corrected chi connectivity index (χ4v) is 3.15. The molecule has 3 rings (SSSR count). The summed E-state index contributed by atoms with van der Waals surface area (Å²) >= 11 is 0. The molecule has 3 amide bonds. The fourth-order valence-electron chi connectivity index (χ4n) is 3.15. The van der Waals surface area contributed by atoms with Gasteiger partial charge in [0.25, 0.3) is 0 Å². The Bertz CT molecular complexity index is 374. The lowest BCUT2D eigenvalue weighted by Crippen LogP contribution is -2.50. The van der Waals surface area contributed by atoms with Gasteiger partial charge in [-0.05, 0) is 25.7 Å². The molecular weight excluding hydrogens is 274 g/mol. The Morgan fingerprint density at radius 2 is 1.76 bits per heavy atom. The summed E-state index contributed by atoms with van der Waals surface area (Å²) in [6, 6.07) is -0.747. The number of hydrogen-bond acceptors (Lipinski definition) is 4. The molecule has 7 nitrogen and oxygen atoms in total. The molecule has 0 aliphatic carbocycles. The highest BCUT2D eigenvalue weighted by molar-refractivity contribution is 5.90. The van der Waals surface area contributed by atoms with Crippen molar-refractivity contribution < 1.29 is 19.1 Å². The first-order valence-electron chi connectivity index (χ1n) is 7.79. The quantitative estimate of drug-likeness (QED) is 0.740. The van der Waals surface area contributed by atoms with Crippen LogP contribution < -0.4 is 10.6 Å². The predicted octanol–water partition coefficient (Wildman–Crippen LogP) is -0.146. The van der Waals surface area contributed by atoms with E-state index in [9.17, 15) is 9.59 Å². The van der Waals surface area contributed by atoms with Gasteiger partial charge in [0.1, 0.15) is 6.04 Å². The van der Waals surface area contributed by atoms with Crippen molar-refractivity contribution in [1.82, 2.24) is 15.5 Å². The second-order valence-electron chi connectivity index (χ2n) is 5.92. The van der Waals surface area contributed by atoms with Crippen molar-refractivity contribution in [3.05, 3.63) is 0 Å². The molecule has 0 bridgehead atoms. The highest BCUT2D eigenvalue weighted by atomic mass is 16.5. The van der Waals surface area contributed by atoms with Crippen LogP contribution in [0.25, 0.3) is 0 Å². The number of carbonyl (C=O) groups is 2. The van der Waals surface area contributed by atoms with Crippen LogP contribution in [-0.4, -0.2) is 67.9 Å². The first kappa shape index (κ1) is 14.6. The van der Waals surface area contributed by atoms with Crippen molar-refractivity contribution in [3.63, 3.8) is 0 Å². The number of nitrogens with one attached hydrogen (secondary N) is 2. The maximum absolute atomic E-state index is 12.6. The number of rotatable bonds is 5. The number of ether oxygens (including phenoxy) is 2. The Kier molecular flexibility index (Phi) is 4.60. The third-order valence-electron chi connectivity index (χ3n) is 4.28. The van der Waals surface area contributed by atoms with Gasteiger partial charge in [-0.3, -0.25) is 4.79 Å². The zero-order valence-electron chi connectivity index (χ0n) is 12.2. The molecule has 3 fully saturated rings. The van der Waals surface area contributed by atoms with E-state index in [2.05, 4.69) is 10.6 Å². The fraction of sp³-hybridized carbons (Fsp3) is 0.857. The van der Waals surface area contributed by atoms with Gasteiger partial charge in [-0.25, -0.2) is 4.79 Å². The van der Waals surface area contributed by atoms with Gasteiger partial charge in [0, 0.05) is 32.8 Å². The summed E-state index contributed by atoms with van der Waals surface area (Å²) in [4.78, 5) is 25.7. The lowest BCUT2D eigenvalue weighted by Gasteiger charge is -2.29. The molecule has 0 unspecified atom stereocenters. The lowest BCUT2D eigenvalue weighted by molar-refractivity contribution is -0.136. The Labute approximate surface area is 124 Å². The van der Waals surface area contributed by atoms with E-state index in [1.807, 2.05) is 4.90 Å². The summed E-state index contributed by atoms with van der Waals surface area (Å²) in [5.41, 5.74) is 0. The molecule has 2 N–H and O–H groups in total. The molecule has 0 aromatic heterocycles. The van der Waals surface area contributed by atoms with E-state index in [1.165, 1.54) is 0 Å². The zero-order valence-corrected chi connectivity index (χ0v) is 12.2. The van der Waals surface area contributed by atoms with Crippen LogP contribution in [0.2, 0.25) is 0 Å². The monoisotopic (exact) mass is 297 g/mol. The molecule has 3 aliphatic rings. The second-order valence-corrected chi connectivity index (χ2v) is 5.92. The topological polar surface area (TPSA) is 79.9 Å². The molecule has 3 saturated heterocycles. The smallest absolute Gasteiger partial charge is 0.315 e. The van der Waals surface area contributed by atoms with Crippen molar-refractivity contribution in [2.24, 2.45) is 0 Å². The van der Waals surface area contributed by atoms with Crippen LogP contribution in [0.15, 0.2) is 0 Å². The Morgan fingerprint density at radius 1 is 1.14 bits per heavy atom. The molecule has 0 saturated carbocycles. The van der Waals surface area contributed by atoms with Crippen molar-refractivity contribution in [2.45, 2.75) is 43.9 Å². The number of carbonyl (C=O) groups excluding carboxylic acids is 2. The highest BCUT2D eigenvalue weighted by Gasteiger charge is 2.34. The van der Waals surface area contributed by atoms with Crippen LogP contribution in [0.1, 0.15) is 25.7 Å². The first-order chi connectivity index (χ1) is 10.2. The van der Waals surface area contributed by atoms with E-state index in [-0.39, 0.29) is 24.1 Å². The van der Waals surface area contributed by atoms with Gasteiger partial charge in [0.2, 0.25) is 5.91 Å². The van der Waals surface area contributed by atoms with Crippen molar-refractivity contribution in [3.8, 4) is 0 Å². The Hall–Kier alpha value is -1.34. The van der Waals surface area contributed by atoms with E-state index >= 15 is 0 Å². The average molecular weight is 297 g/mol. The van der Waals surface area contributed by atoms with Gasteiger partial charge >= 0.3 is 6.03 Å². The van der Waals surface area contributed by atoms with Gasteiger partial charge in [-0.15, -0.1) is 0 Å². The molecule has 3 atom stereocenters. The molecule has 118 valence electrons. The normalized spacial score (nSPS) is 32.0. The minimum Gasteiger partial charge on any atom is -0.376 e. The molecule has 0 aromatic carbocycles. The van der Waals surface area contributed by atoms with Gasteiger partial charge in [0.15, 0.2) is 0 Å². The minimum atomic E-state index is -0.472. The molecule has 3 heterocycles. The number of urea groups is 1. The van der Waals surface area contributed by atoms with Crippen LogP contribution in [0, 0.1) is 0 Å². The summed E-state index contributed by atoms with van der Waals surface area (Å²) in [6.07, 6.45) is 4.30. The van der Waals surface area contributed by atoms with Gasteiger partial charge in [-0.1, -0.05) is 0 Å². The number of hydrogen-bond donors (Lipinski definition) is 2. The minimum absolute atomic E-state index is 0.0423. The Balaban J connectivity index is 1.61. The predicted molar refractivity (Wildman–Crippen MR) is 74.9 cm³/mol. The lowest BCUT2D eigenvalue weighted by atomic mass is 10.1. The van der Waals surface area contributed by atoms with Crippen LogP contribution >= 0.6 is 0 Å². The van der Waals surface area contributed by atoms with Gasteiger partial charge in [-0.2, -0.15) is 0 Å². The summed E-state index contributed by atoms with van der Waals surface area (Å²) in [5, 5.41) is 5.29. The standard InChI is InChI=1S/C14H23N3O4/c18-13(12-7-15-14(19)16-12)17(8-10-3-1-5-20-10)9-11-4-2-6-21-11/h10-12H,1-9H2,(H2,15,16,19)/t10-,11-,12-/m1/s1. The SMILES string of the molecule is O=C1NC[C@H](C(=O)N(C[C@H]2CCCO2)C[C@H]2CCCO2)N1. The van der Waals surface area contributed by atoms with Crippen LogP contribution in [-0.2, 0) is 14.3 Å². The van der Waals surface area contributed by atoms with Crippen molar-refractivity contribution in [2.75, 3.05) is 32.8 Å². The third kappa shape index (κ3) is 3.65. The molecule has 21 heavy (non-hydrogen) atoms. The van der Waals surface area contributed by atoms with Gasteiger partial charge in [0.05, 0.1) is 12.2 Å². The van der Waals surface area contributed by atoms with E-state index in [4.69, 9.17) is 9.47 Å². The van der Waals surface area contributed by atoms with Crippen molar-refractivity contribution in [1.29, 1.82) is 0 Å². The Morgan fingerprint density at radius 3 is 2.19 bits per heavy atom. The molecule has 0 aromatic rings. The number of nitrogens with zero attached hydrogens (tertiary/aromatic N) is 1.